The Hall–Kier alpha value is -2.17. The van der Waals surface area contributed by atoms with E-state index in [0.717, 1.165) is 5.56 Å². The van der Waals surface area contributed by atoms with Crippen molar-refractivity contribution in [3.63, 3.8) is 0 Å². The normalized spacial score (nSPS) is 10.6. The summed E-state index contributed by atoms with van der Waals surface area (Å²) in [4.78, 5) is 13.6. The maximum absolute atomic E-state index is 13.9. The predicted molar refractivity (Wildman–Crippen MR) is 76.3 cm³/mol. The van der Waals surface area contributed by atoms with Crippen LogP contribution in [0.3, 0.4) is 0 Å². The van der Waals surface area contributed by atoms with E-state index in [9.17, 15) is 9.18 Å². The summed E-state index contributed by atoms with van der Waals surface area (Å²) in [6.45, 7) is 4.64. The number of carbonyl (C=O) groups is 1. The molecule has 0 unspecified atom stereocenters. The van der Waals surface area contributed by atoms with Gasteiger partial charge in [0.1, 0.15) is 5.82 Å². The first-order chi connectivity index (χ1) is 9.52. The zero-order valence-electron chi connectivity index (χ0n) is 11.9. The molecule has 0 spiro atoms. The minimum Gasteiger partial charge on any atom is -0.367 e. The Balaban J connectivity index is 2.37. The van der Waals surface area contributed by atoms with Gasteiger partial charge in [0.05, 0.1) is 17.4 Å². The first-order valence-corrected chi connectivity index (χ1v) is 6.54. The lowest BCUT2D eigenvalue weighted by Gasteiger charge is -2.24. The molecule has 4 nitrogen and oxygen atoms in total. The number of aryl methyl sites for hydroxylation is 1. The minimum atomic E-state index is -0.473. The second-order valence-electron chi connectivity index (χ2n) is 4.73. The van der Waals surface area contributed by atoms with Crippen LogP contribution >= 0.6 is 0 Å². The highest BCUT2D eigenvalue weighted by Crippen LogP contribution is 2.25. The lowest BCUT2D eigenvalue weighted by molar-refractivity contribution is 0.101. The van der Waals surface area contributed by atoms with Gasteiger partial charge in [0.15, 0.2) is 5.78 Å². The molecule has 0 radical (unpaired) electrons. The van der Waals surface area contributed by atoms with Crippen molar-refractivity contribution in [1.82, 2.24) is 9.78 Å². The average molecular weight is 275 g/mol. The molecule has 5 heteroatoms. The Kier molecular flexibility index (Phi) is 4.17. The molecule has 20 heavy (non-hydrogen) atoms. The number of ketones is 1. The molecule has 106 valence electrons. The van der Waals surface area contributed by atoms with Crippen molar-refractivity contribution >= 4 is 11.5 Å². The molecule has 0 amide bonds. The fraction of sp³-hybridized carbons (Fsp3) is 0.333. The van der Waals surface area contributed by atoms with Crippen molar-refractivity contribution in [1.29, 1.82) is 0 Å². The monoisotopic (exact) mass is 275 g/mol. The lowest BCUT2D eigenvalue weighted by Crippen LogP contribution is -2.24. The number of halogens is 1. The molecule has 0 bridgehead atoms. The summed E-state index contributed by atoms with van der Waals surface area (Å²) in [5, 5.41) is 4.12. The maximum atomic E-state index is 13.9. The van der Waals surface area contributed by atoms with E-state index in [4.69, 9.17) is 0 Å². The molecule has 0 aliphatic rings. The Bertz CT molecular complexity index is 621. The van der Waals surface area contributed by atoms with Crippen LogP contribution < -0.4 is 4.90 Å². The third-order valence-electron chi connectivity index (χ3n) is 3.20. The van der Waals surface area contributed by atoms with E-state index in [0.29, 0.717) is 18.8 Å². The molecule has 0 aliphatic heterocycles. The van der Waals surface area contributed by atoms with Gasteiger partial charge >= 0.3 is 0 Å². The highest BCUT2D eigenvalue weighted by molar-refractivity contribution is 6.00. The molecule has 0 atom stereocenters. The lowest BCUT2D eigenvalue weighted by atomic mass is 10.1. The summed E-state index contributed by atoms with van der Waals surface area (Å²) < 4.78 is 15.6. The number of anilines is 1. The van der Waals surface area contributed by atoms with Crippen molar-refractivity contribution in [2.45, 2.75) is 20.4 Å². The number of nitrogens with zero attached hydrogens (tertiary/aromatic N) is 3. The van der Waals surface area contributed by atoms with Crippen LogP contribution in [0.5, 0.6) is 0 Å². The van der Waals surface area contributed by atoms with Crippen molar-refractivity contribution in [3.8, 4) is 0 Å². The van der Waals surface area contributed by atoms with Crippen LogP contribution in [0, 0.1) is 5.82 Å². The fourth-order valence-electron chi connectivity index (χ4n) is 2.27. The van der Waals surface area contributed by atoms with Gasteiger partial charge in [-0.05, 0) is 26.0 Å². The van der Waals surface area contributed by atoms with Gasteiger partial charge in [-0.2, -0.15) is 5.10 Å². The highest BCUT2D eigenvalue weighted by Gasteiger charge is 2.17. The van der Waals surface area contributed by atoms with Crippen molar-refractivity contribution in [2.75, 3.05) is 11.4 Å². The molecule has 2 rings (SSSR count). The van der Waals surface area contributed by atoms with Crippen LogP contribution in [0.15, 0.2) is 30.6 Å². The zero-order valence-corrected chi connectivity index (χ0v) is 11.9. The molecule has 0 N–H and O–H groups in total. The van der Waals surface area contributed by atoms with E-state index in [1.54, 1.807) is 23.0 Å². The Morgan fingerprint density at radius 3 is 2.75 bits per heavy atom. The van der Waals surface area contributed by atoms with Crippen LogP contribution in [0.2, 0.25) is 0 Å². The van der Waals surface area contributed by atoms with Gasteiger partial charge in [0.25, 0.3) is 0 Å². The highest BCUT2D eigenvalue weighted by atomic mass is 19.1. The van der Waals surface area contributed by atoms with E-state index < -0.39 is 5.82 Å². The van der Waals surface area contributed by atoms with E-state index in [-0.39, 0.29) is 11.3 Å². The Labute approximate surface area is 117 Å². The first-order valence-electron chi connectivity index (χ1n) is 6.54. The SMILES string of the molecule is CCN(Cc1cnn(C)c1)c1cccc(F)c1C(C)=O. The number of hydrogen-bond donors (Lipinski definition) is 0. The third-order valence-corrected chi connectivity index (χ3v) is 3.20. The number of benzene rings is 1. The third kappa shape index (κ3) is 2.87. The summed E-state index contributed by atoms with van der Waals surface area (Å²) in [6.07, 6.45) is 3.69. The van der Waals surface area contributed by atoms with E-state index in [1.165, 1.54) is 13.0 Å². The van der Waals surface area contributed by atoms with Crippen LogP contribution in [-0.2, 0) is 13.6 Å². The Morgan fingerprint density at radius 2 is 2.20 bits per heavy atom. The smallest absolute Gasteiger partial charge is 0.164 e. The second kappa shape index (κ2) is 5.86. The summed E-state index contributed by atoms with van der Waals surface area (Å²) in [5.74, 6) is -0.734. The Morgan fingerprint density at radius 1 is 1.45 bits per heavy atom. The van der Waals surface area contributed by atoms with Gasteiger partial charge in [-0.25, -0.2) is 4.39 Å². The molecule has 1 aromatic heterocycles. The number of Topliss-reactive ketones (excluding diaryl/α,β-unsaturated/α-hetero) is 1. The van der Waals surface area contributed by atoms with Gasteiger partial charge in [0.2, 0.25) is 0 Å². The molecular formula is C15H18FN3O. The summed E-state index contributed by atoms with van der Waals surface area (Å²) in [5.41, 5.74) is 1.80. The topological polar surface area (TPSA) is 38.1 Å². The van der Waals surface area contributed by atoms with Crippen molar-refractivity contribution in [3.05, 3.63) is 47.5 Å². The molecule has 0 saturated carbocycles. The summed E-state index contributed by atoms with van der Waals surface area (Å²) >= 11 is 0. The summed E-state index contributed by atoms with van der Waals surface area (Å²) in [6, 6.07) is 4.72. The van der Waals surface area contributed by atoms with E-state index >= 15 is 0 Å². The van der Waals surface area contributed by atoms with Gasteiger partial charge in [-0.15, -0.1) is 0 Å². The maximum Gasteiger partial charge on any atom is 0.164 e. The molecule has 0 aliphatic carbocycles. The standard InChI is InChI=1S/C15H18FN3O/c1-4-19(10-12-8-17-18(3)9-12)14-7-5-6-13(16)15(14)11(2)20/h5-9H,4,10H2,1-3H3. The largest absolute Gasteiger partial charge is 0.367 e. The number of hydrogen-bond acceptors (Lipinski definition) is 3. The van der Waals surface area contributed by atoms with E-state index in [1.807, 2.05) is 25.1 Å². The van der Waals surface area contributed by atoms with Crippen LogP contribution in [-0.4, -0.2) is 22.1 Å². The van der Waals surface area contributed by atoms with Crippen LogP contribution in [0.1, 0.15) is 29.8 Å². The molecule has 0 saturated heterocycles. The second-order valence-corrected chi connectivity index (χ2v) is 4.73. The van der Waals surface area contributed by atoms with Gasteiger partial charge in [0, 0.05) is 31.9 Å². The molecule has 0 fully saturated rings. The average Bonchev–Trinajstić information content (AvgIpc) is 2.80. The number of rotatable bonds is 5. The van der Waals surface area contributed by atoms with Crippen molar-refractivity contribution < 1.29 is 9.18 Å². The molecule has 2 aromatic rings. The number of carbonyl (C=O) groups excluding carboxylic acids is 1. The van der Waals surface area contributed by atoms with Crippen LogP contribution in [0.4, 0.5) is 10.1 Å². The van der Waals surface area contributed by atoms with Gasteiger partial charge in [-0.1, -0.05) is 6.07 Å². The van der Waals surface area contributed by atoms with Gasteiger partial charge < -0.3 is 4.90 Å². The fourth-order valence-corrected chi connectivity index (χ4v) is 2.27. The summed E-state index contributed by atoms with van der Waals surface area (Å²) in [7, 11) is 1.85. The molecule has 1 heterocycles. The van der Waals surface area contributed by atoms with Crippen LogP contribution in [0.25, 0.3) is 0 Å². The zero-order chi connectivity index (χ0) is 14.7. The minimum absolute atomic E-state index is 0.151. The van der Waals surface area contributed by atoms with Gasteiger partial charge in [-0.3, -0.25) is 9.48 Å². The first kappa shape index (κ1) is 14.2. The quantitative estimate of drug-likeness (QED) is 0.788. The predicted octanol–water partition coefficient (Wildman–Crippen LogP) is 2.79. The van der Waals surface area contributed by atoms with E-state index in [2.05, 4.69) is 5.10 Å². The van der Waals surface area contributed by atoms with Crippen molar-refractivity contribution in [2.24, 2.45) is 7.05 Å². The molecule has 1 aromatic carbocycles. The number of aromatic nitrogens is 2. The molecular weight excluding hydrogens is 257 g/mol.